The molecule has 0 unspecified atom stereocenters. The van der Waals surface area contributed by atoms with Crippen LogP contribution in [0.15, 0.2) is 66.9 Å². The third-order valence-electron chi connectivity index (χ3n) is 4.51. The van der Waals surface area contributed by atoms with Gasteiger partial charge in [0.05, 0.1) is 19.0 Å². The number of aromatic nitrogens is 1. The molecule has 2 aromatic carbocycles. The Labute approximate surface area is 165 Å². The summed E-state index contributed by atoms with van der Waals surface area (Å²) in [5, 5.41) is 6.17. The van der Waals surface area contributed by atoms with Crippen LogP contribution in [0.3, 0.4) is 0 Å². The van der Waals surface area contributed by atoms with Crippen LogP contribution in [-0.2, 0) is 6.54 Å². The van der Waals surface area contributed by atoms with E-state index in [-0.39, 0.29) is 5.91 Å². The first kappa shape index (κ1) is 19.4. The van der Waals surface area contributed by atoms with E-state index in [1.807, 2.05) is 54.6 Å². The van der Waals surface area contributed by atoms with Gasteiger partial charge in [-0.2, -0.15) is 0 Å². The molecule has 0 fully saturated rings. The summed E-state index contributed by atoms with van der Waals surface area (Å²) in [7, 11) is 1.66. The minimum atomic E-state index is -0.228. The fraction of sp³-hybridized carbons (Fsp3) is 0.217. The summed E-state index contributed by atoms with van der Waals surface area (Å²) in [5.74, 6) is 1.07. The maximum absolute atomic E-state index is 12.4. The highest BCUT2D eigenvalue weighted by Crippen LogP contribution is 2.20. The molecular weight excluding hydrogens is 350 g/mol. The number of pyridine rings is 1. The minimum Gasteiger partial charge on any atom is -0.496 e. The molecule has 2 N–H and O–H groups in total. The van der Waals surface area contributed by atoms with Gasteiger partial charge in [-0.05, 0) is 41.8 Å². The molecule has 3 rings (SSSR count). The average Bonchev–Trinajstić information content (AvgIpc) is 2.73. The van der Waals surface area contributed by atoms with Crippen molar-refractivity contribution in [1.82, 2.24) is 4.98 Å². The number of nitrogens with zero attached hydrogens (tertiary/aromatic N) is 1. The first-order chi connectivity index (χ1) is 13.6. The van der Waals surface area contributed by atoms with Gasteiger partial charge in [-0.15, -0.1) is 0 Å². The predicted octanol–water partition coefficient (Wildman–Crippen LogP) is 5.08. The zero-order valence-electron chi connectivity index (χ0n) is 16.4. The van der Waals surface area contributed by atoms with Gasteiger partial charge < -0.3 is 15.4 Å². The lowest BCUT2D eigenvalue weighted by Crippen LogP contribution is -2.13. The van der Waals surface area contributed by atoms with Crippen LogP contribution in [0.1, 0.15) is 41.4 Å². The van der Waals surface area contributed by atoms with E-state index in [0.717, 1.165) is 22.7 Å². The number of hydrogen-bond acceptors (Lipinski definition) is 4. The normalized spacial score (nSPS) is 10.6. The Bertz CT molecular complexity index is 919. The maximum atomic E-state index is 12.4. The van der Waals surface area contributed by atoms with E-state index in [0.29, 0.717) is 18.2 Å². The minimum absolute atomic E-state index is 0.228. The Morgan fingerprint density at radius 1 is 1.00 bits per heavy atom. The van der Waals surface area contributed by atoms with Crippen LogP contribution >= 0.6 is 0 Å². The third kappa shape index (κ3) is 4.88. The number of ether oxygens (including phenoxy) is 1. The van der Waals surface area contributed by atoms with Crippen LogP contribution in [0.2, 0.25) is 0 Å². The highest BCUT2D eigenvalue weighted by atomic mass is 16.5. The Balaban J connectivity index is 1.59. The molecule has 5 nitrogen and oxygen atoms in total. The highest BCUT2D eigenvalue weighted by molar-refractivity contribution is 6.02. The number of nitrogens with one attached hydrogen (secondary N) is 2. The summed E-state index contributed by atoms with van der Waals surface area (Å²) >= 11 is 0. The largest absolute Gasteiger partial charge is 0.496 e. The van der Waals surface area contributed by atoms with Gasteiger partial charge in [0.25, 0.3) is 5.91 Å². The Morgan fingerprint density at radius 3 is 2.36 bits per heavy atom. The molecule has 0 aliphatic carbocycles. The first-order valence-corrected chi connectivity index (χ1v) is 9.30. The second kappa shape index (κ2) is 9.04. The monoisotopic (exact) mass is 375 g/mol. The van der Waals surface area contributed by atoms with Crippen molar-refractivity contribution in [2.45, 2.75) is 26.3 Å². The first-order valence-electron chi connectivity index (χ1n) is 9.30. The number of amides is 1. The zero-order valence-corrected chi connectivity index (χ0v) is 16.4. The highest BCUT2D eigenvalue weighted by Gasteiger charge is 2.09. The van der Waals surface area contributed by atoms with E-state index in [9.17, 15) is 4.79 Å². The number of methoxy groups -OCH3 is 1. The summed E-state index contributed by atoms with van der Waals surface area (Å²) in [5.41, 5.74) is 4.26. The molecule has 0 aliphatic rings. The summed E-state index contributed by atoms with van der Waals surface area (Å²) in [6, 6.07) is 19.3. The summed E-state index contributed by atoms with van der Waals surface area (Å²) in [4.78, 5) is 16.7. The molecule has 1 heterocycles. The quantitative estimate of drug-likeness (QED) is 0.605. The molecule has 1 amide bonds. The van der Waals surface area contributed by atoms with Crippen molar-refractivity contribution < 1.29 is 9.53 Å². The van der Waals surface area contributed by atoms with Crippen molar-refractivity contribution in [3.05, 3.63) is 83.7 Å². The molecular formula is C23H25N3O2. The second-order valence-corrected chi connectivity index (χ2v) is 6.83. The van der Waals surface area contributed by atoms with Crippen molar-refractivity contribution in [1.29, 1.82) is 0 Å². The number of hydrogen-bond donors (Lipinski definition) is 2. The number of carbonyl (C=O) groups is 1. The van der Waals surface area contributed by atoms with Gasteiger partial charge >= 0.3 is 0 Å². The van der Waals surface area contributed by atoms with Gasteiger partial charge in [-0.1, -0.05) is 44.2 Å². The van der Waals surface area contributed by atoms with Crippen LogP contribution in [0.4, 0.5) is 11.4 Å². The van der Waals surface area contributed by atoms with Crippen molar-refractivity contribution in [3.63, 3.8) is 0 Å². The van der Waals surface area contributed by atoms with Crippen LogP contribution in [0.25, 0.3) is 0 Å². The molecule has 0 bridgehead atoms. The Hall–Kier alpha value is -3.34. The topological polar surface area (TPSA) is 63.2 Å². The van der Waals surface area contributed by atoms with Crippen molar-refractivity contribution in [2.75, 3.05) is 17.7 Å². The van der Waals surface area contributed by atoms with Gasteiger partial charge in [0.15, 0.2) is 0 Å². The lowest BCUT2D eigenvalue weighted by molar-refractivity contribution is 0.102. The van der Waals surface area contributed by atoms with E-state index in [1.54, 1.807) is 19.4 Å². The fourth-order valence-electron chi connectivity index (χ4n) is 2.83. The molecule has 5 heteroatoms. The van der Waals surface area contributed by atoms with Crippen LogP contribution in [-0.4, -0.2) is 18.0 Å². The second-order valence-electron chi connectivity index (χ2n) is 6.83. The predicted molar refractivity (Wildman–Crippen MR) is 113 cm³/mol. The summed E-state index contributed by atoms with van der Waals surface area (Å²) < 4.78 is 5.35. The van der Waals surface area contributed by atoms with Crippen LogP contribution in [0, 0.1) is 0 Å². The molecule has 0 saturated carbocycles. The van der Waals surface area contributed by atoms with Gasteiger partial charge in [0.1, 0.15) is 11.4 Å². The fourth-order valence-corrected chi connectivity index (χ4v) is 2.83. The van der Waals surface area contributed by atoms with Gasteiger partial charge in [0, 0.05) is 17.8 Å². The van der Waals surface area contributed by atoms with E-state index in [2.05, 4.69) is 29.5 Å². The van der Waals surface area contributed by atoms with Crippen molar-refractivity contribution in [2.24, 2.45) is 0 Å². The molecule has 28 heavy (non-hydrogen) atoms. The standard InChI is InChI=1S/C23H25N3O2/c1-16(2)17-8-10-19(11-9-17)26-23(27)21-13-12-20(15-25-21)24-14-18-6-4-5-7-22(18)28-3/h4-13,15-16,24H,14H2,1-3H3,(H,26,27). The lowest BCUT2D eigenvalue weighted by atomic mass is 10.0. The number of benzene rings is 2. The van der Waals surface area contributed by atoms with Gasteiger partial charge in [0.2, 0.25) is 0 Å². The number of carbonyl (C=O) groups excluding carboxylic acids is 1. The molecule has 0 atom stereocenters. The molecule has 1 aromatic heterocycles. The summed E-state index contributed by atoms with van der Waals surface area (Å²) in [6.45, 7) is 4.89. The average molecular weight is 375 g/mol. The number of anilines is 2. The molecule has 3 aromatic rings. The Morgan fingerprint density at radius 2 is 1.71 bits per heavy atom. The van der Waals surface area contributed by atoms with E-state index in [4.69, 9.17) is 4.74 Å². The smallest absolute Gasteiger partial charge is 0.274 e. The van der Waals surface area contributed by atoms with E-state index in [1.165, 1.54) is 5.56 Å². The molecule has 0 spiro atoms. The molecule has 0 radical (unpaired) electrons. The third-order valence-corrected chi connectivity index (χ3v) is 4.51. The number of rotatable bonds is 7. The van der Waals surface area contributed by atoms with Crippen LogP contribution < -0.4 is 15.4 Å². The van der Waals surface area contributed by atoms with Crippen molar-refractivity contribution >= 4 is 17.3 Å². The molecule has 144 valence electrons. The molecule has 0 saturated heterocycles. The van der Waals surface area contributed by atoms with Gasteiger partial charge in [-0.3, -0.25) is 4.79 Å². The van der Waals surface area contributed by atoms with Crippen molar-refractivity contribution in [3.8, 4) is 5.75 Å². The van der Waals surface area contributed by atoms with E-state index < -0.39 is 0 Å². The van der Waals surface area contributed by atoms with Crippen LogP contribution in [0.5, 0.6) is 5.75 Å². The SMILES string of the molecule is COc1ccccc1CNc1ccc(C(=O)Nc2ccc(C(C)C)cc2)nc1. The summed E-state index contributed by atoms with van der Waals surface area (Å²) in [6.07, 6.45) is 1.66. The van der Waals surface area contributed by atoms with Gasteiger partial charge in [-0.25, -0.2) is 4.98 Å². The van der Waals surface area contributed by atoms with E-state index >= 15 is 0 Å². The zero-order chi connectivity index (χ0) is 19.9. The molecule has 0 aliphatic heterocycles. The lowest BCUT2D eigenvalue weighted by Gasteiger charge is -2.11. The number of para-hydroxylation sites is 1. The maximum Gasteiger partial charge on any atom is 0.274 e. The Kier molecular flexibility index (Phi) is 6.27.